The Morgan fingerprint density at radius 1 is 0.792 bits per heavy atom. The summed E-state index contributed by atoms with van der Waals surface area (Å²) in [5.41, 5.74) is 0. The van der Waals surface area contributed by atoms with E-state index < -0.39 is 61.5 Å². The zero-order valence-electron chi connectivity index (χ0n) is 12.8. The summed E-state index contributed by atoms with van der Waals surface area (Å²) in [5.74, 6) is -2.41. The van der Waals surface area contributed by atoms with Crippen molar-refractivity contribution >= 4 is 18.2 Å². The molecule has 11 nitrogen and oxygen atoms in total. The fraction of sp³-hybridized carbons (Fsp3) is 0.769. The maximum atomic E-state index is 10.7. The lowest BCUT2D eigenvalue weighted by molar-refractivity contribution is -0.138. The van der Waals surface area contributed by atoms with Crippen LogP contribution in [0.25, 0.3) is 0 Å². The number of aliphatic hydroxyl groups excluding tert-OH is 3. The van der Waals surface area contributed by atoms with E-state index in [1.54, 1.807) is 0 Å². The summed E-state index contributed by atoms with van der Waals surface area (Å²) in [7, 11) is 0. The lowest BCUT2D eigenvalue weighted by Gasteiger charge is -2.46. The van der Waals surface area contributed by atoms with E-state index >= 15 is 0 Å². The second kappa shape index (κ2) is 9.61. The van der Waals surface area contributed by atoms with Crippen LogP contribution < -0.4 is 16.0 Å². The number of carboxylic acid groups (broad SMARTS) is 2. The average molecular weight is 349 g/mol. The zero-order chi connectivity index (χ0) is 18.3. The number of carbonyl (C=O) groups is 3. The molecule has 0 amide bonds. The first kappa shape index (κ1) is 20.4. The largest absolute Gasteiger partial charge is 0.480 e. The Bertz CT molecular complexity index is 417. The summed E-state index contributed by atoms with van der Waals surface area (Å²) in [6.45, 7) is -0.932. The molecule has 6 atom stereocenters. The van der Waals surface area contributed by atoms with Crippen LogP contribution in [0.5, 0.6) is 0 Å². The van der Waals surface area contributed by atoms with Gasteiger partial charge in [-0.1, -0.05) is 0 Å². The molecular weight excluding hydrogens is 326 g/mol. The molecule has 1 aliphatic rings. The standard InChI is InChI=1S/C13H23N3O8/c17-3-1-2-14-8-11(22)9(15-4-6(18)19)13(24)10(12(8)23)16-5-7(20)21/h3,8-16,22-24H,1-2,4-5H2,(H,18,19)(H,20,21)/t8?,9-,10+,11-,12+,13?. The third-order valence-electron chi connectivity index (χ3n) is 3.83. The predicted octanol–water partition coefficient (Wildman–Crippen LogP) is -4.28. The summed E-state index contributed by atoms with van der Waals surface area (Å²) in [4.78, 5) is 31.8. The quantitative estimate of drug-likeness (QED) is 0.141. The van der Waals surface area contributed by atoms with Crippen molar-refractivity contribution in [3.8, 4) is 0 Å². The van der Waals surface area contributed by atoms with Crippen molar-refractivity contribution in [1.29, 1.82) is 0 Å². The van der Waals surface area contributed by atoms with Crippen LogP contribution in [0, 0.1) is 0 Å². The van der Waals surface area contributed by atoms with Gasteiger partial charge in [-0.25, -0.2) is 0 Å². The molecule has 0 saturated heterocycles. The predicted molar refractivity (Wildman–Crippen MR) is 79.3 cm³/mol. The number of rotatable bonds is 10. The van der Waals surface area contributed by atoms with Gasteiger partial charge in [0.15, 0.2) is 0 Å². The molecule has 11 heteroatoms. The molecule has 1 aliphatic carbocycles. The van der Waals surface area contributed by atoms with Crippen molar-refractivity contribution < 1.29 is 39.9 Å². The van der Waals surface area contributed by atoms with Crippen molar-refractivity contribution in [3.63, 3.8) is 0 Å². The second-order valence-electron chi connectivity index (χ2n) is 5.51. The molecule has 138 valence electrons. The molecule has 0 heterocycles. The highest BCUT2D eigenvalue weighted by Crippen LogP contribution is 2.22. The molecule has 0 radical (unpaired) electrons. The normalized spacial score (nSPS) is 33.1. The van der Waals surface area contributed by atoms with E-state index in [-0.39, 0.29) is 13.0 Å². The van der Waals surface area contributed by atoms with Crippen LogP contribution in [-0.2, 0) is 14.4 Å². The van der Waals surface area contributed by atoms with E-state index in [2.05, 4.69) is 16.0 Å². The van der Waals surface area contributed by atoms with Gasteiger partial charge in [0.2, 0.25) is 0 Å². The van der Waals surface area contributed by atoms with Crippen molar-refractivity contribution in [2.24, 2.45) is 0 Å². The minimum Gasteiger partial charge on any atom is -0.480 e. The van der Waals surface area contributed by atoms with Crippen molar-refractivity contribution in [1.82, 2.24) is 16.0 Å². The van der Waals surface area contributed by atoms with E-state index in [1.807, 2.05) is 0 Å². The molecular formula is C13H23N3O8. The topological polar surface area (TPSA) is 188 Å². The lowest BCUT2D eigenvalue weighted by Crippen LogP contribution is -2.74. The van der Waals surface area contributed by atoms with Crippen LogP contribution in [0.2, 0.25) is 0 Å². The van der Waals surface area contributed by atoms with Gasteiger partial charge in [0.25, 0.3) is 0 Å². The van der Waals surface area contributed by atoms with Crippen LogP contribution in [0.15, 0.2) is 0 Å². The minimum atomic E-state index is -1.43. The fourth-order valence-electron chi connectivity index (χ4n) is 2.72. The number of aldehydes is 1. The van der Waals surface area contributed by atoms with Gasteiger partial charge in [-0.3, -0.25) is 20.2 Å². The van der Waals surface area contributed by atoms with E-state index in [4.69, 9.17) is 10.2 Å². The maximum absolute atomic E-state index is 10.7. The van der Waals surface area contributed by atoms with Gasteiger partial charge >= 0.3 is 11.9 Å². The molecule has 0 aliphatic heterocycles. The number of carboxylic acids is 2. The Morgan fingerprint density at radius 2 is 1.17 bits per heavy atom. The van der Waals surface area contributed by atoms with E-state index in [0.29, 0.717) is 6.29 Å². The highest BCUT2D eigenvalue weighted by molar-refractivity contribution is 5.69. The number of hydrogen-bond acceptors (Lipinski definition) is 9. The first-order valence-electron chi connectivity index (χ1n) is 7.41. The molecule has 2 unspecified atom stereocenters. The third-order valence-corrected chi connectivity index (χ3v) is 3.83. The lowest BCUT2D eigenvalue weighted by atomic mass is 9.79. The van der Waals surface area contributed by atoms with Crippen molar-refractivity contribution in [2.45, 2.75) is 42.9 Å². The van der Waals surface area contributed by atoms with Crippen molar-refractivity contribution in [3.05, 3.63) is 0 Å². The van der Waals surface area contributed by atoms with Crippen LogP contribution >= 0.6 is 0 Å². The van der Waals surface area contributed by atoms with Crippen LogP contribution in [0.3, 0.4) is 0 Å². The summed E-state index contributed by atoms with van der Waals surface area (Å²) in [6.07, 6.45) is -3.38. The van der Waals surface area contributed by atoms with Crippen LogP contribution in [0.1, 0.15) is 6.42 Å². The highest BCUT2D eigenvalue weighted by Gasteiger charge is 2.49. The Hall–Kier alpha value is -1.63. The Labute approximate surface area is 137 Å². The molecule has 1 rings (SSSR count). The number of nitrogens with one attached hydrogen (secondary N) is 3. The highest BCUT2D eigenvalue weighted by atomic mass is 16.4. The first-order chi connectivity index (χ1) is 11.3. The van der Waals surface area contributed by atoms with Crippen LogP contribution in [0.4, 0.5) is 0 Å². The second-order valence-corrected chi connectivity index (χ2v) is 5.51. The molecule has 1 fully saturated rings. The fourth-order valence-corrected chi connectivity index (χ4v) is 2.72. The van der Waals surface area contributed by atoms with Gasteiger partial charge in [-0.2, -0.15) is 0 Å². The molecule has 8 N–H and O–H groups in total. The molecule has 0 aromatic rings. The maximum Gasteiger partial charge on any atom is 0.317 e. The summed E-state index contributed by atoms with van der Waals surface area (Å²) >= 11 is 0. The van der Waals surface area contributed by atoms with Gasteiger partial charge in [0.05, 0.1) is 49.5 Å². The first-order valence-corrected chi connectivity index (χ1v) is 7.41. The van der Waals surface area contributed by atoms with Gasteiger partial charge in [0.1, 0.15) is 6.29 Å². The molecule has 0 aromatic heterocycles. The van der Waals surface area contributed by atoms with Gasteiger partial charge in [0, 0.05) is 13.0 Å². The van der Waals surface area contributed by atoms with Crippen LogP contribution in [-0.4, -0.2) is 99.8 Å². The monoisotopic (exact) mass is 349 g/mol. The van der Waals surface area contributed by atoms with Gasteiger partial charge in [-0.15, -0.1) is 0 Å². The summed E-state index contributed by atoms with van der Waals surface area (Å²) < 4.78 is 0. The average Bonchev–Trinajstić information content (AvgIpc) is 2.49. The number of aliphatic hydroxyl groups is 3. The molecule has 1 saturated carbocycles. The Kier molecular flexibility index (Phi) is 8.18. The smallest absolute Gasteiger partial charge is 0.317 e. The van der Waals surface area contributed by atoms with Crippen molar-refractivity contribution in [2.75, 3.05) is 19.6 Å². The van der Waals surface area contributed by atoms with Gasteiger partial charge < -0.3 is 35.6 Å². The summed E-state index contributed by atoms with van der Waals surface area (Å²) in [5, 5.41) is 56.0. The summed E-state index contributed by atoms with van der Waals surface area (Å²) in [6, 6.07) is -3.24. The number of carbonyl (C=O) groups excluding carboxylic acids is 1. The Morgan fingerprint density at radius 3 is 1.50 bits per heavy atom. The molecule has 0 bridgehead atoms. The van der Waals surface area contributed by atoms with E-state index in [1.165, 1.54) is 0 Å². The van der Waals surface area contributed by atoms with E-state index in [0.717, 1.165) is 0 Å². The number of hydrogen-bond donors (Lipinski definition) is 8. The third kappa shape index (κ3) is 5.47. The number of aliphatic carboxylic acids is 2. The van der Waals surface area contributed by atoms with Gasteiger partial charge in [-0.05, 0) is 0 Å². The molecule has 24 heavy (non-hydrogen) atoms. The Balaban J connectivity index is 2.90. The zero-order valence-corrected chi connectivity index (χ0v) is 12.8. The minimum absolute atomic E-state index is 0.124. The SMILES string of the molecule is O=CCCNC1[C@@H](O)[C@@H](NCC(=O)O)C(O)[C@@H](NCC(=O)O)[C@H]1O. The van der Waals surface area contributed by atoms with E-state index in [9.17, 15) is 29.7 Å². The molecule has 0 spiro atoms. The molecule has 0 aromatic carbocycles.